The fourth-order valence-corrected chi connectivity index (χ4v) is 1.61. The molecular formula is C10H13N3O2. The van der Waals surface area contributed by atoms with Crippen LogP contribution >= 0.6 is 0 Å². The summed E-state index contributed by atoms with van der Waals surface area (Å²) in [6.45, 7) is 3.00. The highest BCUT2D eigenvalue weighted by atomic mass is 16.6. The van der Waals surface area contributed by atoms with Gasteiger partial charge in [0.2, 0.25) is 0 Å². The Morgan fingerprint density at radius 3 is 3.07 bits per heavy atom. The van der Waals surface area contributed by atoms with Crippen LogP contribution in [0, 0.1) is 22.0 Å². The summed E-state index contributed by atoms with van der Waals surface area (Å²) in [5, 5.41) is 13.8. The van der Waals surface area contributed by atoms with Crippen molar-refractivity contribution in [2.75, 3.05) is 11.9 Å². The highest BCUT2D eigenvalue weighted by molar-refractivity contribution is 5.59. The molecule has 2 unspecified atom stereocenters. The Kier molecular flexibility index (Phi) is 2.53. The minimum absolute atomic E-state index is 0.0470. The van der Waals surface area contributed by atoms with E-state index in [4.69, 9.17) is 0 Å². The molecule has 0 aromatic carbocycles. The molecule has 1 aliphatic rings. The van der Waals surface area contributed by atoms with Crippen molar-refractivity contribution in [3.8, 4) is 0 Å². The third-order valence-corrected chi connectivity index (χ3v) is 2.83. The Morgan fingerprint density at radius 1 is 1.73 bits per heavy atom. The molecule has 80 valence electrons. The van der Waals surface area contributed by atoms with Crippen LogP contribution in [0.3, 0.4) is 0 Å². The Morgan fingerprint density at radius 2 is 2.47 bits per heavy atom. The largest absolute Gasteiger partial charge is 0.379 e. The van der Waals surface area contributed by atoms with Gasteiger partial charge in [0.1, 0.15) is 11.9 Å². The zero-order valence-corrected chi connectivity index (χ0v) is 8.51. The Labute approximate surface area is 87.7 Å². The number of rotatable bonds is 4. The van der Waals surface area contributed by atoms with Gasteiger partial charge in [-0.15, -0.1) is 0 Å². The van der Waals surface area contributed by atoms with E-state index in [1.165, 1.54) is 12.6 Å². The number of hydrogen-bond donors (Lipinski definition) is 1. The highest BCUT2D eigenvalue weighted by Crippen LogP contribution is 2.38. The third kappa shape index (κ3) is 2.23. The van der Waals surface area contributed by atoms with Crippen LogP contribution in [-0.2, 0) is 0 Å². The van der Waals surface area contributed by atoms with Gasteiger partial charge in [-0.3, -0.25) is 15.1 Å². The first kappa shape index (κ1) is 9.89. The molecule has 1 aromatic heterocycles. The number of nitrogens with zero attached hydrogens (tertiary/aromatic N) is 2. The first-order valence-corrected chi connectivity index (χ1v) is 5.00. The standard InChI is InChI=1S/C10H13N3O2/c1-7-4-8(7)5-12-9-2-3-11-6-10(9)13(14)15/h2-3,6-8H,4-5H2,1H3,(H,11,12). The van der Waals surface area contributed by atoms with Crippen molar-refractivity contribution >= 4 is 11.4 Å². The molecule has 2 rings (SSSR count). The predicted molar refractivity (Wildman–Crippen MR) is 56.7 cm³/mol. The number of hydrogen-bond acceptors (Lipinski definition) is 4. The van der Waals surface area contributed by atoms with E-state index in [1.807, 2.05) is 0 Å². The van der Waals surface area contributed by atoms with Crippen molar-refractivity contribution in [3.05, 3.63) is 28.6 Å². The number of pyridine rings is 1. The van der Waals surface area contributed by atoms with Crippen LogP contribution in [-0.4, -0.2) is 16.5 Å². The van der Waals surface area contributed by atoms with Crippen molar-refractivity contribution < 1.29 is 4.92 Å². The average molecular weight is 207 g/mol. The van der Waals surface area contributed by atoms with Gasteiger partial charge in [-0.05, 0) is 24.3 Å². The van der Waals surface area contributed by atoms with Gasteiger partial charge in [0.15, 0.2) is 0 Å². The lowest BCUT2D eigenvalue weighted by Gasteiger charge is -2.05. The molecule has 1 aromatic rings. The molecule has 1 N–H and O–H groups in total. The van der Waals surface area contributed by atoms with Gasteiger partial charge in [0, 0.05) is 12.7 Å². The molecule has 0 saturated heterocycles. The zero-order valence-electron chi connectivity index (χ0n) is 8.51. The van der Waals surface area contributed by atoms with E-state index in [-0.39, 0.29) is 5.69 Å². The second kappa shape index (κ2) is 3.84. The summed E-state index contributed by atoms with van der Waals surface area (Å²) in [4.78, 5) is 14.0. The van der Waals surface area contributed by atoms with Crippen molar-refractivity contribution in [1.82, 2.24) is 4.98 Å². The minimum Gasteiger partial charge on any atom is -0.379 e. The molecule has 1 saturated carbocycles. The van der Waals surface area contributed by atoms with Crippen LogP contribution in [0.25, 0.3) is 0 Å². The lowest BCUT2D eigenvalue weighted by Crippen LogP contribution is -2.06. The van der Waals surface area contributed by atoms with E-state index >= 15 is 0 Å². The summed E-state index contributed by atoms with van der Waals surface area (Å²) in [5.74, 6) is 1.41. The topological polar surface area (TPSA) is 68.1 Å². The first-order valence-electron chi connectivity index (χ1n) is 5.00. The van der Waals surface area contributed by atoms with E-state index in [0.29, 0.717) is 11.6 Å². The second-order valence-electron chi connectivity index (χ2n) is 4.00. The Bertz CT molecular complexity index is 381. The number of anilines is 1. The van der Waals surface area contributed by atoms with Gasteiger partial charge in [-0.2, -0.15) is 0 Å². The maximum atomic E-state index is 10.7. The van der Waals surface area contributed by atoms with Crippen LogP contribution in [0.4, 0.5) is 11.4 Å². The minimum atomic E-state index is -0.411. The molecule has 15 heavy (non-hydrogen) atoms. The van der Waals surface area contributed by atoms with Gasteiger partial charge in [0.05, 0.1) is 4.92 Å². The molecule has 1 fully saturated rings. The van der Waals surface area contributed by atoms with E-state index in [2.05, 4.69) is 17.2 Å². The zero-order chi connectivity index (χ0) is 10.8. The van der Waals surface area contributed by atoms with E-state index in [1.54, 1.807) is 12.3 Å². The molecule has 1 heterocycles. The van der Waals surface area contributed by atoms with Crippen LogP contribution in [0.15, 0.2) is 18.5 Å². The van der Waals surface area contributed by atoms with E-state index < -0.39 is 4.92 Å². The Balaban J connectivity index is 2.03. The molecule has 2 atom stereocenters. The molecule has 1 aliphatic carbocycles. The van der Waals surface area contributed by atoms with Crippen molar-refractivity contribution in [2.24, 2.45) is 11.8 Å². The summed E-state index contributed by atoms with van der Waals surface area (Å²) >= 11 is 0. The first-order chi connectivity index (χ1) is 7.18. The molecule has 5 nitrogen and oxygen atoms in total. The van der Waals surface area contributed by atoms with Gasteiger partial charge in [-0.1, -0.05) is 6.92 Å². The maximum absolute atomic E-state index is 10.7. The van der Waals surface area contributed by atoms with Crippen LogP contribution in [0.1, 0.15) is 13.3 Å². The van der Waals surface area contributed by atoms with Gasteiger partial charge in [-0.25, -0.2) is 0 Å². The smallest absolute Gasteiger partial charge is 0.310 e. The molecule has 0 radical (unpaired) electrons. The molecule has 0 aliphatic heterocycles. The van der Waals surface area contributed by atoms with Crippen molar-refractivity contribution in [2.45, 2.75) is 13.3 Å². The maximum Gasteiger partial charge on any atom is 0.310 e. The average Bonchev–Trinajstić information content (AvgIpc) is 2.92. The summed E-state index contributed by atoms with van der Waals surface area (Å²) in [6, 6.07) is 1.64. The van der Waals surface area contributed by atoms with Gasteiger partial charge < -0.3 is 5.32 Å². The van der Waals surface area contributed by atoms with Crippen LogP contribution in [0.2, 0.25) is 0 Å². The van der Waals surface area contributed by atoms with Crippen LogP contribution < -0.4 is 5.32 Å². The fraction of sp³-hybridized carbons (Fsp3) is 0.500. The molecule has 0 bridgehead atoms. The summed E-state index contributed by atoms with van der Waals surface area (Å²) in [7, 11) is 0. The lowest BCUT2D eigenvalue weighted by atomic mass is 10.3. The number of aromatic nitrogens is 1. The van der Waals surface area contributed by atoms with Crippen LogP contribution in [0.5, 0.6) is 0 Å². The molecular weight excluding hydrogens is 194 g/mol. The summed E-state index contributed by atoms with van der Waals surface area (Å²) < 4.78 is 0. The van der Waals surface area contributed by atoms with Gasteiger partial charge in [0.25, 0.3) is 0 Å². The normalized spacial score (nSPS) is 23.5. The van der Waals surface area contributed by atoms with E-state index in [0.717, 1.165) is 12.5 Å². The van der Waals surface area contributed by atoms with Gasteiger partial charge >= 0.3 is 5.69 Å². The third-order valence-electron chi connectivity index (χ3n) is 2.83. The highest BCUT2D eigenvalue weighted by Gasteiger charge is 2.32. The lowest BCUT2D eigenvalue weighted by molar-refractivity contribution is -0.384. The Hall–Kier alpha value is -1.65. The number of nitro groups is 1. The number of nitrogens with one attached hydrogen (secondary N) is 1. The van der Waals surface area contributed by atoms with E-state index in [9.17, 15) is 10.1 Å². The molecule has 0 amide bonds. The SMILES string of the molecule is CC1CC1CNc1ccncc1[N+](=O)[O-]. The summed E-state index contributed by atoms with van der Waals surface area (Å²) in [6.07, 6.45) is 4.05. The fourth-order valence-electron chi connectivity index (χ4n) is 1.61. The van der Waals surface area contributed by atoms with Crippen molar-refractivity contribution in [3.63, 3.8) is 0 Å². The molecule has 0 spiro atoms. The second-order valence-corrected chi connectivity index (χ2v) is 4.00. The predicted octanol–water partition coefficient (Wildman–Crippen LogP) is 2.06. The van der Waals surface area contributed by atoms with Crippen molar-refractivity contribution in [1.29, 1.82) is 0 Å². The quantitative estimate of drug-likeness (QED) is 0.606. The monoisotopic (exact) mass is 207 g/mol. The molecule has 5 heteroatoms. The summed E-state index contributed by atoms with van der Waals surface area (Å²) in [5.41, 5.74) is 0.611.